The Morgan fingerprint density at radius 2 is 1.94 bits per heavy atom. The van der Waals surface area contributed by atoms with Crippen LogP contribution in [0.5, 0.6) is 5.75 Å². The predicted octanol–water partition coefficient (Wildman–Crippen LogP) is 3.44. The molecule has 0 aromatic heterocycles. The van der Waals surface area contributed by atoms with Crippen molar-refractivity contribution in [3.8, 4) is 5.75 Å². The van der Waals surface area contributed by atoms with Gasteiger partial charge in [0.2, 0.25) is 0 Å². The maximum atomic E-state index is 11.7. The summed E-state index contributed by atoms with van der Waals surface area (Å²) in [7, 11) is 1.60. The lowest BCUT2D eigenvalue weighted by atomic mass is 9.97. The minimum absolute atomic E-state index is 0.289. The van der Waals surface area contributed by atoms with Gasteiger partial charge in [-0.25, -0.2) is 0 Å². The number of hydrogen-bond acceptors (Lipinski definition) is 3. The first-order valence-electron chi connectivity index (χ1n) is 5.33. The van der Waals surface area contributed by atoms with Gasteiger partial charge in [-0.3, -0.25) is 4.79 Å². The normalized spacial score (nSPS) is 11.4. The summed E-state index contributed by atoms with van der Waals surface area (Å²) in [6.45, 7) is 5.84. The lowest BCUT2D eigenvalue weighted by molar-refractivity contribution is -0.143. The molecule has 0 heterocycles. The quantitative estimate of drug-likeness (QED) is 0.614. The highest BCUT2D eigenvalue weighted by molar-refractivity contribution is 6.30. The van der Waals surface area contributed by atoms with Crippen LogP contribution in [0.3, 0.4) is 0 Å². The van der Waals surface area contributed by atoms with Crippen molar-refractivity contribution in [1.82, 2.24) is 0 Å². The number of halogens is 1. The summed E-state index contributed by atoms with van der Waals surface area (Å²) in [4.78, 5) is 11.7. The van der Waals surface area contributed by atoms with Gasteiger partial charge < -0.3 is 9.47 Å². The van der Waals surface area contributed by atoms with E-state index in [1.807, 2.05) is 0 Å². The van der Waals surface area contributed by atoms with Crippen molar-refractivity contribution in [2.75, 3.05) is 7.11 Å². The molecule has 0 saturated carbocycles. The van der Waals surface area contributed by atoms with Crippen molar-refractivity contribution in [2.24, 2.45) is 5.41 Å². The van der Waals surface area contributed by atoms with E-state index < -0.39 is 5.41 Å². The third-order valence-electron chi connectivity index (χ3n) is 2.07. The van der Waals surface area contributed by atoms with Crippen LogP contribution >= 0.6 is 11.6 Å². The fraction of sp³-hybridized carbons (Fsp3) is 0.462. The maximum Gasteiger partial charge on any atom is 0.316 e. The second-order valence-electron chi connectivity index (χ2n) is 4.87. The standard InChI is InChI=1S/C13H17ClO3/c1-13(2,3)12(15)17-11-6-9(8-16-4)5-10(14)7-11/h5-7H,8H2,1-4H3. The van der Waals surface area contributed by atoms with E-state index in [4.69, 9.17) is 21.1 Å². The first-order valence-corrected chi connectivity index (χ1v) is 5.71. The smallest absolute Gasteiger partial charge is 0.316 e. The molecular formula is C13H17ClO3. The van der Waals surface area contributed by atoms with Gasteiger partial charge >= 0.3 is 5.97 Å². The van der Waals surface area contributed by atoms with E-state index in [9.17, 15) is 4.79 Å². The molecule has 17 heavy (non-hydrogen) atoms. The number of hydrogen-bond donors (Lipinski definition) is 0. The summed E-state index contributed by atoms with van der Waals surface area (Å²) in [5.74, 6) is 0.160. The molecule has 1 aromatic rings. The Labute approximate surface area is 107 Å². The Kier molecular flexibility index (Phi) is 4.54. The zero-order valence-corrected chi connectivity index (χ0v) is 11.3. The Morgan fingerprint density at radius 3 is 2.47 bits per heavy atom. The summed E-state index contributed by atoms with van der Waals surface area (Å²) in [5, 5.41) is 0.524. The number of carbonyl (C=O) groups is 1. The van der Waals surface area contributed by atoms with Gasteiger partial charge in [-0.1, -0.05) is 11.6 Å². The Hall–Kier alpha value is -1.06. The van der Waals surface area contributed by atoms with Crippen LogP contribution < -0.4 is 4.74 Å². The van der Waals surface area contributed by atoms with Crippen molar-refractivity contribution >= 4 is 17.6 Å². The number of carbonyl (C=O) groups excluding carboxylic acids is 1. The van der Waals surface area contributed by atoms with E-state index >= 15 is 0 Å². The Bertz CT molecular complexity index is 408. The molecule has 0 spiro atoms. The summed E-state index contributed by atoms with van der Waals surface area (Å²) < 4.78 is 10.3. The highest BCUT2D eigenvalue weighted by Gasteiger charge is 2.23. The topological polar surface area (TPSA) is 35.5 Å². The van der Waals surface area contributed by atoms with E-state index in [0.29, 0.717) is 17.4 Å². The number of methoxy groups -OCH3 is 1. The molecule has 0 atom stereocenters. The first-order chi connectivity index (χ1) is 7.82. The van der Waals surface area contributed by atoms with E-state index in [-0.39, 0.29) is 5.97 Å². The van der Waals surface area contributed by atoms with Gasteiger partial charge in [0.1, 0.15) is 5.75 Å². The molecule has 1 rings (SSSR count). The first kappa shape index (κ1) is 14.0. The zero-order chi connectivity index (χ0) is 13.1. The molecule has 0 fully saturated rings. The molecule has 0 amide bonds. The molecule has 0 radical (unpaired) electrons. The third-order valence-corrected chi connectivity index (χ3v) is 2.28. The molecule has 0 aliphatic rings. The monoisotopic (exact) mass is 256 g/mol. The van der Waals surface area contributed by atoms with Gasteiger partial charge in [-0.2, -0.15) is 0 Å². The molecular weight excluding hydrogens is 240 g/mol. The van der Waals surface area contributed by atoms with Crippen molar-refractivity contribution in [3.63, 3.8) is 0 Å². The van der Waals surface area contributed by atoms with Crippen LogP contribution in [0.4, 0.5) is 0 Å². The minimum Gasteiger partial charge on any atom is -0.426 e. The molecule has 0 unspecified atom stereocenters. The molecule has 0 N–H and O–H groups in total. The molecule has 0 aliphatic carbocycles. The van der Waals surface area contributed by atoms with Gasteiger partial charge in [0, 0.05) is 12.1 Å². The van der Waals surface area contributed by atoms with Gasteiger partial charge in [0.15, 0.2) is 0 Å². The average molecular weight is 257 g/mol. The van der Waals surface area contributed by atoms with Crippen LogP contribution in [0.1, 0.15) is 26.3 Å². The second kappa shape index (κ2) is 5.52. The average Bonchev–Trinajstić information content (AvgIpc) is 2.15. The second-order valence-corrected chi connectivity index (χ2v) is 5.30. The number of benzene rings is 1. The number of rotatable bonds is 3. The molecule has 3 nitrogen and oxygen atoms in total. The van der Waals surface area contributed by atoms with Crippen LogP contribution in [-0.2, 0) is 16.1 Å². The number of esters is 1. The van der Waals surface area contributed by atoms with E-state index in [1.54, 1.807) is 46.1 Å². The summed E-state index contributed by atoms with van der Waals surface area (Å²) in [6.07, 6.45) is 0. The lowest BCUT2D eigenvalue weighted by Crippen LogP contribution is -2.25. The van der Waals surface area contributed by atoms with Crippen LogP contribution in [0, 0.1) is 5.41 Å². The summed E-state index contributed by atoms with van der Waals surface area (Å²) in [6, 6.07) is 5.14. The molecule has 94 valence electrons. The summed E-state index contributed by atoms with van der Waals surface area (Å²) >= 11 is 5.94. The third kappa shape index (κ3) is 4.36. The van der Waals surface area contributed by atoms with Gasteiger partial charge in [-0.15, -0.1) is 0 Å². The zero-order valence-electron chi connectivity index (χ0n) is 10.5. The van der Waals surface area contributed by atoms with Crippen molar-refractivity contribution < 1.29 is 14.3 Å². The van der Waals surface area contributed by atoms with Crippen LogP contribution in [0.15, 0.2) is 18.2 Å². The number of ether oxygens (including phenoxy) is 2. The Morgan fingerprint density at radius 1 is 1.29 bits per heavy atom. The van der Waals surface area contributed by atoms with Crippen molar-refractivity contribution in [2.45, 2.75) is 27.4 Å². The summed E-state index contributed by atoms with van der Waals surface area (Å²) in [5.41, 5.74) is 0.334. The predicted molar refractivity (Wildman–Crippen MR) is 67.3 cm³/mol. The van der Waals surface area contributed by atoms with E-state index in [0.717, 1.165) is 5.56 Å². The lowest BCUT2D eigenvalue weighted by Gasteiger charge is -2.16. The molecule has 4 heteroatoms. The van der Waals surface area contributed by atoms with E-state index in [1.165, 1.54) is 0 Å². The van der Waals surface area contributed by atoms with Gasteiger partial charge in [-0.05, 0) is 44.5 Å². The molecule has 0 aliphatic heterocycles. The van der Waals surface area contributed by atoms with Gasteiger partial charge in [0.25, 0.3) is 0 Å². The SMILES string of the molecule is COCc1cc(Cl)cc(OC(=O)C(C)(C)C)c1. The van der Waals surface area contributed by atoms with Crippen molar-refractivity contribution in [1.29, 1.82) is 0 Å². The molecule has 0 saturated heterocycles. The van der Waals surface area contributed by atoms with Crippen molar-refractivity contribution in [3.05, 3.63) is 28.8 Å². The van der Waals surface area contributed by atoms with Crippen LogP contribution in [0.25, 0.3) is 0 Å². The Balaban J connectivity index is 2.88. The van der Waals surface area contributed by atoms with E-state index in [2.05, 4.69) is 0 Å². The highest BCUT2D eigenvalue weighted by Crippen LogP contribution is 2.24. The molecule has 1 aromatic carbocycles. The van der Waals surface area contributed by atoms with Crippen LogP contribution in [-0.4, -0.2) is 13.1 Å². The fourth-order valence-corrected chi connectivity index (χ4v) is 1.44. The largest absolute Gasteiger partial charge is 0.426 e. The minimum atomic E-state index is -0.538. The fourth-order valence-electron chi connectivity index (χ4n) is 1.19. The molecule has 0 bridgehead atoms. The highest BCUT2D eigenvalue weighted by atomic mass is 35.5. The maximum absolute atomic E-state index is 11.7. The van der Waals surface area contributed by atoms with Gasteiger partial charge in [0.05, 0.1) is 12.0 Å². The van der Waals surface area contributed by atoms with Crippen LogP contribution in [0.2, 0.25) is 5.02 Å².